The molecule has 0 fully saturated rings. The number of hydrogen-bond donors (Lipinski definition) is 3. The number of phosphoric acid groups is 2. The van der Waals surface area contributed by atoms with Crippen molar-refractivity contribution in [1.29, 1.82) is 0 Å². The Morgan fingerprint density at radius 1 is 0.295 bits per heavy atom. The lowest BCUT2D eigenvalue weighted by atomic mass is 9.99. The SMILES string of the molecule is CCC(C)CCCCCCCCCCC(=O)O[C@H](COC(=O)CCCCCCCCC(C)C)COP(=O)(O)OC[C@H](O)COP(=O)(O)OC[C@@H](COC(=O)CCCCCCCCCCCCCCCCCCC(C)C)OC(=O)CCCCCCCCCCCCCCC(C)C. The van der Waals surface area contributed by atoms with Gasteiger partial charge in [-0.1, -0.05) is 331 Å². The van der Waals surface area contributed by atoms with Gasteiger partial charge in [-0.15, -0.1) is 0 Å². The van der Waals surface area contributed by atoms with Gasteiger partial charge in [-0.05, 0) is 49.4 Å². The lowest BCUT2D eigenvalue weighted by Gasteiger charge is -2.21. The van der Waals surface area contributed by atoms with Gasteiger partial charge in [0, 0.05) is 25.7 Å². The fourth-order valence-electron chi connectivity index (χ4n) is 11.5. The monoisotopic (exact) mass is 1400 g/mol. The van der Waals surface area contributed by atoms with Gasteiger partial charge in [0.25, 0.3) is 0 Å². The predicted molar refractivity (Wildman–Crippen MR) is 386 cm³/mol. The first-order valence-corrected chi connectivity index (χ1v) is 42.2. The summed E-state index contributed by atoms with van der Waals surface area (Å²) in [6.45, 7) is 14.2. The molecule has 0 aromatic heterocycles. The van der Waals surface area contributed by atoms with Crippen LogP contribution in [0.25, 0.3) is 0 Å². The summed E-state index contributed by atoms with van der Waals surface area (Å²) in [5, 5.41) is 10.6. The molecule has 0 rings (SSSR count). The molecule has 3 unspecified atom stereocenters. The van der Waals surface area contributed by atoms with E-state index in [2.05, 4.69) is 55.4 Å². The highest BCUT2D eigenvalue weighted by Gasteiger charge is 2.30. The Kier molecular flexibility index (Phi) is 64.0. The third-order valence-electron chi connectivity index (χ3n) is 17.9. The van der Waals surface area contributed by atoms with Crippen LogP contribution in [0.5, 0.6) is 0 Å². The number of esters is 4. The highest BCUT2D eigenvalue weighted by atomic mass is 31.2. The predicted octanol–water partition coefficient (Wildman–Crippen LogP) is 22.0. The van der Waals surface area contributed by atoms with Crippen molar-refractivity contribution in [2.45, 2.75) is 401 Å². The summed E-state index contributed by atoms with van der Waals surface area (Å²) in [7, 11) is -9.91. The quantitative estimate of drug-likeness (QED) is 0.0222. The van der Waals surface area contributed by atoms with E-state index in [-0.39, 0.29) is 25.7 Å². The number of carbonyl (C=O) groups is 4. The van der Waals surface area contributed by atoms with Gasteiger partial charge in [-0.3, -0.25) is 37.3 Å². The first-order valence-electron chi connectivity index (χ1n) is 39.2. The molecule has 0 heterocycles. The van der Waals surface area contributed by atoms with E-state index in [1.54, 1.807) is 0 Å². The fourth-order valence-corrected chi connectivity index (χ4v) is 13.1. The van der Waals surface area contributed by atoms with E-state index in [9.17, 15) is 43.2 Å². The normalized spacial score (nSPS) is 14.4. The van der Waals surface area contributed by atoms with Crippen LogP contribution < -0.4 is 0 Å². The van der Waals surface area contributed by atoms with Gasteiger partial charge in [-0.25, -0.2) is 9.13 Å². The summed E-state index contributed by atoms with van der Waals surface area (Å²) in [6.07, 6.45) is 50.1. The van der Waals surface area contributed by atoms with E-state index in [4.69, 9.17) is 37.0 Å². The van der Waals surface area contributed by atoms with E-state index < -0.39 is 97.5 Å². The number of phosphoric ester groups is 2. The van der Waals surface area contributed by atoms with Crippen molar-refractivity contribution in [1.82, 2.24) is 0 Å². The molecule has 0 saturated carbocycles. The van der Waals surface area contributed by atoms with Crippen LogP contribution in [0, 0.1) is 23.7 Å². The number of carbonyl (C=O) groups excluding carboxylic acids is 4. The second kappa shape index (κ2) is 65.4. The highest BCUT2D eigenvalue weighted by molar-refractivity contribution is 7.47. The Bertz CT molecular complexity index is 1870. The summed E-state index contributed by atoms with van der Waals surface area (Å²) in [5.74, 6) is 0.914. The van der Waals surface area contributed by atoms with E-state index in [1.165, 1.54) is 180 Å². The topological polar surface area (TPSA) is 237 Å². The Balaban J connectivity index is 5.22. The maximum Gasteiger partial charge on any atom is 0.472 e. The molecule has 0 aromatic carbocycles. The van der Waals surface area contributed by atoms with Crippen LogP contribution in [-0.2, 0) is 65.4 Å². The van der Waals surface area contributed by atoms with Crippen molar-refractivity contribution in [3.63, 3.8) is 0 Å². The lowest BCUT2D eigenvalue weighted by molar-refractivity contribution is -0.161. The fraction of sp³-hybridized carbons (Fsp3) is 0.947. The molecular weight excluding hydrogens is 1250 g/mol. The summed E-state index contributed by atoms with van der Waals surface area (Å²) in [5.41, 5.74) is 0. The highest BCUT2D eigenvalue weighted by Crippen LogP contribution is 2.45. The van der Waals surface area contributed by atoms with Gasteiger partial charge in [0.15, 0.2) is 12.2 Å². The minimum atomic E-state index is -4.96. The van der Waals surface area contributed by atoms with Gasteiger partial charge in [0.05, 0.1) is 26.4 Å². The van der Waals surface area contributed by atoms with Crippen molar-refractivity contribution in [2.24, 2.45) is 23.7 Å². The van der Waals surface area contributed by atoms with Crippen LogP contribution >= 0.6 is 15.6 Å². The number of unbranched alkanes of at least 4 members (excludes halogenated alkanes) is 38. The molecule has 3 N–H and O–H groups in total. The minimum Gasteiger partial charge on any atom is -0.462 e. The smallest absolute Gasteiger partial charge is 0.462 e. The van der Waals surface area contributed by atoms with E-state index >= 15 is 0 Å². The molecule has 17 nitrogen and oxygen atoms in total. The largest absolute Gasteiger partial charge is 0.472 e. The summed E-state index contributed by atoms with van der Waals surface area (Å²) in [4.78, 5) is 72.8. The van der Waals surface area contributed by atoms with Crippen LogP contribution in [0.15, 0.2) is 0 Å². The molecule has 564 valence electrons. The summed E-state index contributed by atoms with van der Waals surface area (Å²) < 4.78 is 68.5. The van der Waals surface area contributed by atoms with Crippen molar-refractivity contribution >= 4 is 39.5 Å². The molecule has 0 saturated heterocycles. The average molecular weight is 1400 g/mol. The van der Waals surface area contributed by atoms with Gasteiger partial charge in [-0.2, -0.15) is 0 Å². The van der Waals surface area contributed by atoms with Crippen molar-refractivity contribution in [3.8, 4) is 0 Å². The molecule has 0 aliphatic rings. The zero-order valence-electron chi connectivity index (χ0n) is 62.3. The third kappa shape index (κ3) is 69.0. The summed E-state index contributed by atoms with van der Waals surface area (Å²) in [6, 6.07) is 0. The van der Waals surface area contributed by atoms with Gasteiger partial charge in [0.2, 0.25) is 0 Å². The molecule has 0 aliphatic carbocycles. The molecule has 6 atom stereocenters. The Morgan fingerprint density at radius 2 is 0.505 bits per heavy atom. The molecule has 0 spiro atoms. The van der Waals surface area contributed by atoms with E-state index in [0.717, 1.165) is 114 Å². The van der Waals surface area contributed by atoms with Crippen molar-refractivity contribution in [2.75, 3.05) is 39.6 Å². The maximum absolute atomic E-state index is 13.1. The number of aliphatic hydroxyl groups excluding tert-OH is 1. The minimum absolute atomic E-state index is 0.104. The number of ether oxygens (including phenoxy) is 4. The maximum atomic E-state index is 13.1. The summed E-state index contributed by atoms with van der Waals surface area (Å²) >= 11 is 0. The Morgan fingerprint density at radius 3 is 0.747 bits per heavy atom. The van der Waals surface area contributed by atoms with Crippen LogP contribution in [0.2, 0.25) is 0 Å². The molecule has 0 amide bonds. The van der Waals surface area contributed by atoms with E-state index in [1.807, 2.05) is 0 Å². The number of rotatable bonds is 73. The molecule has 0 aliphatic heterocycles. The van der Waals surface area contributed by atoms with Crippen LogP contribution in [0.1, 0.15) is 383 Å². The van der Waals surface area contributed by atoms with Crippen LogP contribution in [0.4, 0.5) is 0 Å². The van der Waals surface area contributed by atoms with Crippen molar-refractivity contribution in [3.05, 3.63) is 0 Å². The van der Waals surface area contributed by atoms with Gasteiger partial charge < -0.3 is 33.8 Å². The molecule has 0 aromatic rings. The molecule has 95 heavy (non-hydrogen) atoms. The number of aliphatic hydroxyl groups is 1. The Labute approximate surface area is 581 Å². The van der Waals surface area contributed by atoms with Gasteiger partial charge in [0.1, 0.15) is 19.3 Å². The first kappa shape index (κ1) is 93.1. The average Bonchev–Trinajstić information content (AvgIpc) is 3.49. The zero-order chi connectivity index (χ0) is 70.3. The lowest BCUT2D eigenvalue weighted by Crippen LogP contribution is -2.30. The number of hydrogen-bond acceptors (Lipinski definition) is 15. The third-order valence-corrected chi connectivity index (χ3v) is 19.8. The second-order valence-electron chi connectivity index (χ2n) is 29.1. The van der Waals surface area contributed by atoms with E-state index in [0.29, 0.717) is 31.6 Å². The zero-order valence-corrected chi connectivity index (χ0v) is 64.1. The second-order valence-corrected chi connectivity index (χ2v) is 32.0. The van der Waals surface area contributed by atoms with Crippen LogP contribution in [0.3, 0.4) is 0 Å². The molecular formula is C76H148O17P2. The molecule has 19 heteroatoms. The van der Waals surface area contributed by atoms with Gasteiger partial charge >= 0.3 is 39.5 Å². The molecule has 0 bridgehead atoms. The molecule has 0 radical (unpaired) electrons. The first-order chi connectivity index (χ1) is 45.6. The van der Waals surface area contributed by atoms with Crippen LogP contribution in [-0.4, -0.2) is 96.7 Å². The standard InChI is InChI=1S/C76H148O17P2/c1-9-69(8)55-47-39-30-26-27-33-43-51-59-76(81)93-72(63-87-74(79)57-49-41-35-34-38-46-54-68(6)7)65-91-95(84,85)89-61-70(77)60-88-94(82,83)90-64-71(92-75(80)58-50-42-32-25-21-17-16-19-23-29-37-45-53-67(4)5)62-86-73(78)56-48-40-31-24-20-15-13-11-10-12-14-18-22-28-36-44-52-66(2)3/h66-72,77H,9-65H2,1-8H3,(H,82,83)(H,84,85)/t69?,70-,71-,72-/m1/s1. The Hall–Kier alpha value is -1.94. The van der Waals surface area contributed by atoms with Crippen molar-refractivity contribution < 1.29 is 80.2 Å².